The second-order valence-electron chi connectivity index (χ2n) is 5.03. The van der Waals surface area contributed by atoms with Gasteiger partial charge in [0.1, 0.15) is 30.2 Å². The molecule has 2 aromatic rings. The molecule has 1 heterocycles. The lowest BCUT2D eigenvalue weighted by molar-refractivity contribution is 0.107. The van der Waals surface area contributed by atoms with Crippen molar-refractivity contribution in [3.8, 4) is 11.8 Å². The molecule has 0 radical (unpaired) electrons. The molecule has 0 spiro atoms. The topological polar surface area (TPSA) is 81.1 Å². The summed E-state index contributed by atoms with van der Waals surface area (Å²) in [5, 5.41) is 22.9. The molecule has 5 heteroatoms. The molecular formula is C16H21N3O2. The summed E-state index contributed by atoms with van der Waals surface area (Å²) >= 11 is 0. The van der Waals surface area contributed by atoms with Crippen LogP contribution in [0.4, 0.5) is 0 Å². The van der Waals surface area contributed by atoms with E-state index in [2.05, 4.69) is 23.3 Å². The minimum atomic E-state index is -0.550. The first kappa shape index (κ1) is 15.4. The predicted molar refractivity (Wildman–Crippen MR) is 82.3 cm³/mol. The number of aromatic amines is 1. The Morgan fingerprint density at radius 3 is 3.10 bits per heavy atom. The van der Waals surface area contributed by atoms with Gasteiger partial charge in [-0.25, -0.2) is 0 Å². The smallest absolute Gasteiger partial charge is 0.128 e. The molecule has 1 unspecified atom stereocenters. The first-order valence-electron chi connectivity index (χ1n) is 7.28. The molecule has 0 amide bonds. The lowest BCUT2D eigenvalue weighted by atomic mass is 10.2. The van der Waals surface area contributed by atoms with Gasteiger partial charge in [0, 0.05) is 11.9 Å². The molecule has 21 heavy (non-hydrogen) atoms. The van der Waals surface area contributed by atoms with Gasteiger partial charge in [0.15, 0.2) is 0 Å². The van der Waals surface area contributed by atoms with Gasteiger partial charge in [0.25, 0.3) is 0 Å². The van der Waals surface area contributed by atoms with E-state index in [1.807, 2.05) is 18.2 Å². The van der Waals surface area contributed by atoms with Gasteiger partial charge in [-0.2, -0.15) is 5.26 Å². The van der Waals surface area contributed by atoms with Gasteiger partial charge >= 0.3 is 0 Å². The quantitative estimate of drug-likeness (QED) is 0.650. The Hall–Kier alpha value is -2.03. The van der Waals surface area contributed by atoms with Crippen molar-refractivity contribution in [2.24, 2.45) is 0 Å². The zero-order valence-electron chi connectivity index (χ0n) is 12.2. The number of unbranched alkanes of at least 4 members (excludes halogenated alkanes) is 1. The second-order valence-corrected chi connectivity index (χ2v) is 5.03. The van der Waals surface area contributed by atoms with Gasteiger partial charge in [-0.3, -0.25) is 0 Å². The summed E-state index contributed by atoms with van der Waals surface area (Å²) < 4.78 is 5.68. The number of fused-ring (bicyclic) bond motifs is 1. The third-order valence-electron chi connectivity index (χ3n) is 3.26. The monoisotopic (exact) mass is 287 g/mol. The number of rotatable bonds is 8. The van der Waals surface area contributed by atoms with Crippen LogP contribution >= 0.6 is 0 Å². The summed E-state index contributed by atoms with van der Waals surface area (Å²) in [6, 6.07) is 9.44. The van der Waals surface area contributed by atoms with Crippen molar-refractivity contribution in [2.75, 3.05) is 19.7 Å². The summed E-state index contributed by atoms with van der Waals surface area (Å²) in [6.45, 7) is 3.79. The van der Waals surface area contributed by atoms with E-state index >= 15 is 0 Å². The highest BCUT2D eigenvalue weighted by atomic mass is 16.5. The lowest BCUT2D eigenvalue weighted by Crippen LogP contribution is -2.31. The van der Waals surface area contributed by atoms with Gasteiger partial charge in [-0.1, -0.05) is 19.4 Å². The lowest BCUT2D eigenvalue weighted by Gasteiger charge is -2.13. The molecule has 1 atom stereocenters. The minimum Gasteiger partial charge on any atom is -0.490 e. The summed E-state index contributed by atoms with van der Waals surface area (Å²) in [6.07, 6.45) is 1.69. The molecule has 0 aliphatic rings. The van der Waals surface area contributed by atoms with Crippen LogP contribution in [0.5, 0.6) is 5.75 Å². The summed E-state index contributed by atoms with van der Waals surface area (Å²) in [7, 11) is 0. The fourth-order valence-corrected chi connectivity index (χ4v) is 2.13. The fourth-order valence-electron chi connectivity index (χ4n) is 2.13. The normalized spacial score (nSPS) is 12.2. The Morgan fingerprint density at radius 2 is 2.33 bits per heavy atom. The number of nitrogens with one attached hydrogen (secondary N) is 2. The van der Waals surface area contributed by atoms with Crippen LogP contribution in [0.3, 0.4) is 0 Å². The second kappa shape index (κ2) is 7.67. The zero-order valence-corrected chi connectivity index (χ0v) is 12.2. The number of aliphatic hydroxyl groups is 1. The van der Waals surface area contributed by atoms with Crippen LogP contribution in [0, 0.1) is 11.3 Å². The van der Waals surface area contributed by atoms with Crippen molar-refractivity contribution in [3.63, 3.8) is 0 Å². The summed E-state index contributed by atoms with van der Waals surface area (Å²) in [4.78, 5) is 3.01. The Balaban J connectivity index is 1.91. The van der Waals surface area contributed by atoms with Crippen molar-refractivity contribution in [1.29, 1.82) is 5.26 Å². The molecule has 0 aliphatic carbocycles. The van der Waals surface area contributed by atoms with E-state index in [9.17, 15) is 5.11 Å². The van der Waals surface area contributed by atoms with Crippen molar-refractivity contribution < 1.29 is 9.84 Å². The van der Waals surface area contributed by atoms with Gasteiger partial charge in [0.2, 0.25) is 0 Å². The first-order chi connectivity index (χ1) is 10.2. The van der Waals surface area contributed by atoms with Crippen LogP contribution in [-0.2, 0) is 0 Å². The molecule has 112 valence electrons. The number of hydrogen-bond acceptors (Lipinski definition) is 4. The molecule has 0 aliphatic heterocycles. The fraction of sp³-hybridized carbons (Fsp3) is 0.438. The number of aliphatic hydroxyl groups excluding tert-OH is 1. The molecule has 2 rings (SSSR count). The number of nitrogens with zero attached hydrogens (tertiary/aromatic N) is 1. The average molecular weight is 287 g/mol. The van der Waals surface area contributed by atoms with Crippen LogP contribution < -0.4 is 10.1 Å². The minimum absolute atomic E-state index is 0.227. The average Bonchev–Trinajstić information content (AvgIpc) is 2.93. The van der Waals surface area contributed by atoms with E-state index < -0.39 is 6.10 Å². The number of benzene rings is 1. The van der Waals surface area contributed by atoms with Crippen molar-refractivity contribution in [3.05, 3.63) is 30.0 Å². The Kier molecular flexibility index (Phi) is 5.61. The number of ether oxygens (including phenoxy) is 1. The Labute approximate surface area is 124 Å². The van der Waals surface area contributed by atoms with E-state index in [4.69, 9.17) is 10.00 Å². The molecule has 3 N–H and O–H groups in total. The number of H-pyrrole nitrogens is 1. The van der Waals surface area contributed by atoms with E-state index in [0.29, 0.717) is 18.0 Å². The maximum atomic E-state index is 9.89. The molecule has 1 aromatic heterocycles. The summed E-state index contributed by atoms with van der Waals surface area (Å²) in [5.41, 5.74) is 1.36. The van der Waals surface area contributed by atoms with Crippen LogP contribution in [0.2, 0.25) is 0 Å². The van der Waals surface area contributed by atoms with Crippen LogP contribution in [-0.4, -0.2) is 35.9 Å². The van der Waals surface area contributed by atoms with E-state index in [1.54, 1.807) is 6.07 Å². The first-order valence-corrected chi connectivity index (χ1v) is 7.28. The van der Waals surface area contributed by atoms with Crippen molar-refractivity contribution in [2.45, 2.75) is 25.9 Å². The summed E-state index contributed by atoms with van der Waals surface area (Å²) in [5.74, 6) is 0.679. The molecule has 0 fully saturated rings. The van der Waals surface area contributed by atoms with E-state index in [0.717, 1.165) is 30.3 Å². The third kappa shape index (κ3) is 4.22. The van der Waals surface area contributed by atoms with E-state index in [-0.39, 0.29) is 6.61 Å². The molecule has 5 nitrogen and oxygen atoms in total. The maximum absolute atomic E-state index is 9.89. The number of aromatic nitrogens is 1. The van der Waals surface area contributed by atoms with Crippen LogP contribution in [0.1, 0.15) is 25.5 Å². The molecule has 0 bridgehead atoms. The number of nitriles is 1. The Morgan fingerprint density at radius 1 is 1.48 bits per heavy atom. The zero-order chi connectivity index (χ0) is 15.1. The highest BCUT2D eigenvalue weighted by Crippen LogP contribution is 2.26. The molecule has 0 saturated carbocycles. The van der Waals surface area contributed by atoms with Gasteiger partial charge in [-0.05, 0) is 31.2 Å². The highest BCUT2D eigenvalue weighted by Gasteiger charge is 2.09. The maximum Gasteiger partial charge on any atom is 0.128 e. The van der Waals surface area contributed by atoms with Crippen molar-refractivity contribution in [1.82, 2.24) is 10.3 Å². The van der Waals surface area contributed by atoms with Gasteiger partial charge < -0.3 is 20.1 Å². The largest absolute Gasteiger partial charge is 0.490 e. The Bertz CT molecular complexity index is 615. The van der Waals surface area contributed by atoms with Gasteiger partial charge in [-0.15, -0.1) is 0 Å². The number of hydrogen-bond donors (Lipinski definition) is 3. The standard InChI is InChI=1S/C16H21N3O2/c1-2-3-7-18-10-13(20)11-21-16-6-4-5-15-14(16)8-12(9-17)19-15/h4-6,8,13,18-20H,2-3,7,10-11H2,1H3. The third-order valence-corrected chi connectivity index (χ3v) is 3.26. The van der Waals surface area contributed by atoms with E-state index in [1.165, 1.54) is 0 Å². The van der Waals surface area contributed by atoms with Crippen molar-refractivity contribution >= 4 is 10.9 Å². The van der Waals surface area contributed by atoms with Crippen LogP contribution in [0.15, 0.2) is 24.3 Å². The van der Waals surface area contributed by atoms with Gasteiger partial charge in [0.05, 0.1) is 5.52 Å². The molecule has 1 aromatic carbocycles. The SMILES string of the molecule is CCCCNCC(O)COc1cccc2[nH]c(C#N)cc12. The predicted octanol–water partition coefficient (Wildman–Crippen LogP) is 2.17. The highest BCUT2D eigenvalue weighted by molar-refractivity contribution is 5.87. The molecular weight excluding hydrogens is 266 g/mol. The molecule has 0 saturated heterocycles. The van der Waals surface area contributed by atoms with Crippen LogP contribution in [0.25, 0.3) is 10.9 Å².